The molecule has 15 heavy (non-hydrogen) atoms. The molecule has 4 nitrogen and oxygen atoms in total. The Bertz CT molecular complexity index is 351. The largest absolute Gasteiger partial charge is 0.294 e. The maximum absolute atomic E-state index is 12.1. The zero-order valence-electron chi connectivity index (χ0n) is 8.25. The van der Waals surface area contributed by atoms with Crippen LogP contribution in [-0.2, 0) is 8.70 Å². The van der Waals surface area contributed by atoms with E-state index in [1.807, 2.05) is 0 Å². The predicted octanol–water partition coefficient (Wildman–Crippen LogP) is 2.36. The van der Waals surface area contributed by atoms with Crippen LogP contribution < -0.4 is 0 Å². The highest BCUT2D eigenvalue weighted by Gasteiger charge is 2.44. The fraction of sp³-hybridized carbons (Fsp3) is 0.625. The molecule has 0 amide bonds. The van der Waals surface area contributed by atoms with Crippen LogP contribution in [-0.4, -0.2) is 26.4 Å². The molecule has 0 saturated carbocycles. The van der Waals surface area contributed by atoms with Gasteiger partial charge >= 0.3 is 0 Å². The third-order valence-corrected chi connectivity index (χ3v) is 3.66. The summed E-state index contributed by atoms with van der Waals surface area (Å²) in [7, 11) is 0. The smallest absolute Gasteiger partial charge is 0.250 e. The number of carbonyl (C=O) groups excluding carboxylic acids is 1. The molecule has 0 aliphatic carbocycles. The minimum absolute atomic E-state index is 0.181. The van der Waals surface area contributed by atoms with Gasteiger partial charge in [0.1, 0.15) is 12.7 Å². The van der Waals surface area contributed by atoms with Crippen molar-refractivity contribution in [2.24, 2.45) is 5.41 Å². The summed E-state index contributed by atoms with van der Waals surface area (Å²) in [6, 6.07) is 0. The summed E-state index contributed by atoms with van der Waals surface area (Å²) in [4.78, 5) is 15.8. The summed E-state index contributed by atoms with van der Waals surface area (Å²) in [5, 5.41) is 3.82. The van der Waals surface area contributed by atoms with Gasteiger partial charge in [-0.3, -0.25) is 4.79 Å². The minimum Gasteiger partial charge on any atom is -0.294 e. The molecule has 0 aromatic carbocycles. The average molecular weight is 315 g/mol. The van der Waals surface area contributed by atoms with Gasteiger partial charge in [-0.15, -0.1) is 11.6 Å². The van der Waals surface area contributed by atoms with Crippen molar-refractivity contribution in [2.75, 3.05) is 5.88 Å². The van der Waals surface area contributed by atoms with E-state index >= 15 is 0 Å². The van der Waals surface area contributed by atoms with Crippen molar-refractivity contribution in [3.63, 3.8) is 0 Å². The lowest BCUT2D eigenvalue weighted by atomic mass is 9.90. The van der Waals surface area contributed by atoms with Gasteiger partial charge in [0.05, 0.1) is 0 Å². The number of halogens is 3. The van der Waals surface area contributed by atoms with Crippen LogP contribution in [0.5, 0.6) is 0 Å². The number of alkyl halides is 3. The first-order valence-corrected chi connectivity index (χ1v) is 5.86. The van der Waals surface area contributed by atoms with Gasteiger partial charge < -0.3 is 0 Å². The second kappa shape index (κ2) is 4.39. The summed E-state index contributed by atoms with van der Waals surface area (Å²) >= 11 is 14.9. The Morgan fingerprint density at radius 1 is 1.60 bits per heavy atom. The summed E-state index contributed by atoms with van der Waals surface area (Å²) in [5.74, 6) is -0.0854. The molecule has 1 rings (SSSR count). The fourth-order valence-electron chi connectivity index (χ4n) is 0.925. The van der Waals surface area contributed by atoms with Crippen LogP contribution in [0, 0.1) is 5.41 Å². The molecule has 0 N–H and O–H groups in total. The van der Waals surface area contributed by atoms with Crippen LogP contribution in [0.15, 0.2) is 12.7 Å². The number of rotatable bonds is 4. The Hall–Kier alpha value is -0.130. The van der Waals surface area contributed by atoms with Crippen molar-refractivity contribution in [2.45, 2.75) is 17.8 Å². The van der Waals surface area contributed by atoms with E-state index in [1.165, 1.54) is 17.3 Å². The van der Waals surface area contributed by atoms with Gasteiger partial charge in [0.15, 0.2) is 5.78 Å². The first kappa shape index (κ1) is 12.9. The lowest BCUT2D eigenvalue weighted by Crippen LogP contribution is -2.41. The molecular formula is C8H10BrCl2N3O. The van der Waals surface area contributed by atoms with Gasteiger partial charge in [0.2, 0.25) is 3.91 Å². The molecule has 0 aliphatic rings. The van der Waals surface area contributed by atoms with Gasteiger partial charge in [-0.25, -0.2) is 9.67 Å². The summed E-state index contributed by atoms with van der Waals surface area (Å²) in [5.41, 5.74) is -0.737. The van der Waals surface area contributed by atoms with Crippen molar-refractivity contribution in [1.29, 1.82) is 0 Å². The van der Waals surface area contributed by atoms with Crippen LogP contribution in [0.2, 0.25) is 0 Å². The molecular weight excluding hydrogens is 305 g/mol. The Kier molecular flexibility index (Phi) is 3.79. The number of nitrogens with zero attached hydrogens (tertiary/aromatic N) is 3. The highest BCUT2D eigenvalue weighted by Crippen LogP contribution is 2.37. The van der Waals surface area contributed by atoms with Crippen LogP contribution in [0.25, 0.3) is 0 Å². The van der Waals surface area contributed by atoms with Crippen molar-refractivity contribution in [3.05, 3.63) is 12.7 Å². The third kappa shape index (κ3) is 2.52. The predicted molar refractivity (Wildman–Crippen MR) is 62.3 cm³/mol. The van der Waals surface area contributed by atoms with Crippen LogP contribution >= 0.6 is 39.1 Å². The summed E-state index contributed by atoms with van der Waals surface area (Å²) in [6.07, 6.45) is 2.67. The molecule has 0 bridgehead atoms. The third-order valence-electron chi connectivity index (χ3n) is 1.93. The van der Waals surface area contributed by atoms with Crippen LogP contribution in [0.4, 0.5) is 0 Å². The maximum Gasteiger partial charge on any atom is 0.250 e. The monoisotopic (exact) mass is 313 g/mol. The quantitative estimate of drug-likeness (QED) is 0.802. The number of aromatic nitrogens is 3. The van der Waals surface area contributed by atoms with E-state index in [9.17, 15) is 4.79 Å². The van der Waals surface area contributed by atoms with Crippen LogP contribution in [0.3, 0.4) is 0 Å². The zero-order valence-corrected chi connectivity index (χ0v) is 11.3. The number of ketones is 1. The highest BCUT2D eigenvalue weighted by molar-refractivity contribution is 9.10. The maximum atomic E-state index is 12.1. The molecule has 1 unspecified atom stereocenters. The van der Waals surface area contributed by atoms with Crippen LogP contribution in [0.1, 0.15) is 13.8 Å². The normalized spacial score (nSPS) is 16.1. The van der Waals surface area contributed by atoms with E-state index in [0.717, 1.165) is 0 Å². The van der Waals surface area contributed by atoms with Gasteiger partial charge in [0.25, 0.3) is 0 Å². The highest BCUT2D eigenvalue weighted by atomic mass is 79.9. The zero-order chi connectivity index (χ0) is 11.7. The van der Waals surface area contributed by atoms with E-state index in [-0.39, 0.29) is 11.7 Å². The Morgan fingerprint density at radius 2 is 2.20 bits per heavy atom. The first-order chi connectivity index (χ1) is 6.82. The van der Waals surface area contributed by atoms with Gasteiger partial charge in [-0.05, 0) is 15.9 Å². The molecule has 84 valence electrons. The second-order valence-electron chi connectivity index (χ2n) is 3.73. The van der Waals surface area contributed by atoms with E-state index in [0.29, 0.717) is 0 Å². The molecule has 0 fully saturated rings. The van der Waals surface area contributed by atoms with Crippen molar-refractivity contribution in [3.8, 4) is 0 Å². The lowest BCUT2D eigenvalue weighted by molar-refractivity contribution is -0.128. The molecule has 7 heteroatoms. The van der Waals surface area contributed by atoms with E-state index < -0.39 is 9.32 Å². The van der Waals surface area contributed by atoms with Gasteiger partial charge in [0, 0.05) is 11.3 Å². The standard InChI is InChI=1S/C8H10BrCl2N3O/c1-7(2,3-10)6(15)8(9,11)14-5-12-4-13-14/h4-5H,3H2,1-2H3. The molecule has 0 radical (unpaired) electrons. The van der Waals surface area contributed by atoms with E-state index in [2.05, 4.69) is 26.0 Å². The Balaban J connectivity index is 3.02. The van der Waals surface area contributed by atoms with E-state index in [4.69, 9.17) is 23.2 Å². The number of Topliss-reactive ketones (excluding diaryl/α,β-unsaturated/α-hetero) is 1. The minimum atomic E-state index is -1.43. The van der Waals surface area contributed by atoms with Gasteiger partial charge in [-0.2, -0.15) is 5.10 Å². The van der Waals surface area contributed by atoms with E-state index in [1.54, 1.807) is 13.8 Å². The number of carbonyl (C=O) groups is 1. The second-order valence-corrected chi connectivity index (χ2v) is 6.15. The molecule has 0 saturated heterocycles. The average Bonchev–Trinajstić information content (AvgIpc) is 2.69. The molecule has 0 spiro atoms. The molecule has 1 aromatic heterocycles. The molecule has 1 aromatic rings. The van der Waals surface area contributed by atoms with Crippen molar-refractivity contribution < 1.29 is 4.79 Å². The first-order valence-electron chi connectivity index (χ1n) is 4.16. The van der Waals surface area contributed by atoms with Crippen molar-refractivity contribution in [1.82, 2.24) is 14.8 Å². The fourth-order valence-corrected chi connectivity index (χ4v) is 2.11. The van der Waals surface area contributed by atoms with Crippen molar-refractivity contribution >= 4 is 44.9 Å². The summed E-state index contributed by atoms with van der Waals surface area (Å²) < 4.78 is -0.187. The number of hydrogen-bond acceptors (Lipinski definition) is 3. The molecule has 0 aliphatic heterocycles. The summed E-state index contributed by atoms with van der Waals surface area (Å²) in [6.45, 7) is 3.44. The number of hydrogen-bond donors (Lipinski definition) is 0. The topological polar surface area (TPSA) is 47.8 Å². The molecule has 1 atom stereocenters. The van der Waals surface area contributed by atoms with Gasteiger partial charge in [-0.1, -0.05) is 25.4 Å². The molecule has 1 heterocycles. The SMILES string of the molecule is CC(C)(CCl)C(=O)C(Cl)(Br)n1cncn1. The lowest BCUT2D eigenvalue weighted by Gasteiger charge is -2.28. The Labute approximate surface area is 106 Å². The Morgan fingerprint density at radius 3 is 2.60 bits per heavy atom.